The van der Waals surface area contributed by atoms with Gasteiger partial charge < -0.3 is 15.4 Å². The molecule has 26 heavy (non-hydrogen) atoms. The molecule has 2 N–H and O–H groups in total. The van der Waals surface area contributed by atoms with Crippen LogP contribution in [-0.2, 0) is 4.79 Å². The standard InChI is InChI=1S/C22H30N2O2/c1-4-5-6-7-14-26-20-11-9-19(10-12-20)23-16-22(25)24-21-13-8-17(2)15-18(21)3/h8-13,15,23H,4-7,14,16H2,1-3H3,(H,24,25). The highest BCUT2D eigenvalue weighted by Crippen LogP contribution is 2.17. The lowest BCUT2D eigenvalue weighted by Crippen LogP contribution is -2.22. The Morgan fingerprint density at radius 2 is 1.77 bits per heavy atom. The molecule has 1 amide bonds. The number of rotatable bonds is 10. The van der Waals surface area contributed by atoms with Gasteiger partial charge >= 0.3 is 0 Å². The highest BCUT2D eigenvalue weighted by Gasteiger charge is 2.05. The van der Waals surface area contributed by atoms with E-state index in [9.17, 15) is 4.79 Å². The number of hydrogen-bond acceptors (Lipinski definition) is 3. The summed E-state index contributed by atoms with van der Waals surface area (Å²) >= 11 is 0. The number of amides is 1. The van der Waals surface area contributed by atoms with Crippen LogP contribution in [0.15, 0.2) is 42.5 Å². The van der Waals surface area contributed by atoms with Crippen LogP contribution in [-0.4, -0.2) is 19.1 Å². The van der Waals surface area contributed by atoms with Crippen LogP contribution < -0.4 is 15.4 Å². The number of nitrogens with one attached hydrogen (secondary N) is 2. The fourth-order valence-electron chi connectivity index (χ4n) is 2.72. The van der Waals surface area contributed by atoms with E-state index < -0.39 is 0 Å². The van der Waals surface area contributed by atoms with Gasteiger partial charge in [0.15, 0.2) is 0 Å². The molecule has 0 aromatic heterocycles. The summed E-state index contributed by atoms with van der Waals surface area (Å²) in [6.07, 6.45) is 4.80. The minimum Gasteiger partial charge on any atom is -0.494 e. The fourth-order valence-corrected chi connectivity index (χ4v) is 2.72. The predicted octanol–water partition coefficient (Wildman–Crippen LogP) is 5.31. The van der Waals surface area contributed by atoms with Gasteiger partial charge in [0.25, 0.3) is 0 Å². The lowest BCUT2D eigenvalue weighted by atomic mass is 10.1. The highest BCUT2D eigenvalue weighted by atomic mass is 16.5. The van der Waals surface area contributed by atoms with Gasteiger partial charge in [-0.1, -0.05) is 43.9 Å². The van der Waals surface area contributed by atoms with E-state index in [1.165, 1.54) is 24.8 Å². The van der Waals surface area contributed by atoms with Crippen molar-refractivity contribution in [3.63, 3.8) is 0 Å². The van der Waals surface area contributed by atoms with Crippen LogP contribution in [0.5, 0.6) is 5.75 Å². The van der Waals surface area contributed by atoms with Crippen LogP contribution in [0.1, 0.15) is 43.7 Å². The van der Waals surface area contributed by atoms with Crippen LogP contribution in [0.3, 0.4) is 0 Å². The number of unbranched alkanes of at least 4 members (excludes halogenated alkanes) is 3. The Labute approximate surface area is 157 Å². The van der Waals surface area contributed by atoms with Gasteiger partial charge in [0.1, 0.15) is 5.75 Å². The van der Waals surface area contributed by atoms with Crippen LogP contribution >= 0.6 is 0 Å². The van der Waals surface area contributed by atoms with Crippen molar-refractivity contribution in [3.8, 4) is 5.75 Å². The average Bonchev–Trinajstić information content (AvgIpc) is 2.63. The first-order chi connectivity index (χ1) is 12.6. The molecule has 0 aliphatic heterocycles. The zero-order chi connectivity index (χ0) is 18.8. The number of benzene rings is 2. The van der Waals surface area contributed by atoms with Crippen molar-refractivity contribution >= 4 is 17.3 Å². The second-order valence-corrected chi connectivity index (χ2v) is 6.65. The van der Waals surface area contributed by atoms with Crippen LogP contribution in [0, 0.1) is 13.8 Å². The van der Waals surface area contributed by atoms with Crippen molar-refractivity contribution in [1.82, 2.24) is 0 Å². The van der Waals surface area contributed by atoms with E-state index in [-0.39, 0.29) is 12.5 Å². The maximum absolute atomic E-state index is 12.1. The molecule has 0 radical (unpaired) electrons. The van der Waals surface area contributed by atoms with Gasteiger partial charge in [0, 0.05) is 11.4 Å². The molecule has 0 fully saturated rings. The SMILES string of the molecule is CCCCCCOc1ccc(NCC(=O)Nc2ccc(C)cc2C)cc1. The smallest absolute Gasteiger partial charge is 0.243 e. The summed E-state index contributed by atoms with van der Waals surface area (Å²) in [6.45, 7) is 7.22. The van der Waals surface area contributed by atoms with Crippen molar-refractivity contribution < 1.29 is 9.53 Å². The third kappa shape index (κ3) is 6.79. The molecule has 4 nitrogen and oxygen atoms in total. The van der Waals surface area contributed by atoms with Gasteiger partial charge in [0.2, 0.25) is 5.91 Å². The van der Waals surface area contributed by atoms with E-state index in [1.807, 2.05) is 50.2 Å². The Bertz CT molecular complexity index is 696. The van der Waals surface area contributed by atoms with Gasteiger partial charge in [-0.2, -0.15) is 0 Å². The molecule has 4 heteroatoms. The van der Waals surface area contributed by atoms with Crippen LogP contribution in [0.2, 0.25) is 0 Å². The third-order valence-corrected chi connectivity index (χ3v) is 4.23. The summed E-state index contributed by atoms with van der Waals surface area (Å²) in [6, 6.07) is 13.7. The molecule has 0 aliphatic carbocycles. The molecule has 2 rings (SSSR count). The van der Waals surface area contributed by atoms with E-state index in [0.29, 0.717) is 0 Å². The first kappa shape index (κ1) is 19.8. The summed E-state index contributed by atoms with van der Waals surface area (Å²) < 4.78 is 5.73. The quantitative estimate of drug-likeness (QED) is 0.568. The maximum atomic E-state index is 12.1. The minimum atomic E-state index is -0.0618. The van der Waals surface area contributed by atoms with Gasteiger partial charge in [-0.25, -0.2) is 0 Å². The van der Waals surface area contributed by atoms with Crippen molar-refractivity contribution in [2.24, 2.45) is 0 Å². The normalized spacial score (nSPS) is 10.4. The highest BCUT2D eigenvalue weighted by molar-refractivity contribution is 5.94. The number of carbonyl (C=O) groups is 1. The molecule has 2 aromatic carbocycles. The predicted molar refractivity (Wildman–Crippen MR) is 109 cm³/mol. The zero-order valence-corrected chi connectivity index (χ0v) is 16.1. The summed E-state index contributed by atoms with van der Waals surface area (Å²) in [4.78, 5) is 12.1. The first-order valence-corrected chi connectivity index (χ1v) is 9.42. The molecule has 0 saturated carbocycles. The average molecular weight is 354 g/mol. The Hall–Kier alpha value is -2.49. The van der Waals surface area contributed by atoms with Crippen LogP contribution in [0.25, 0.3) is 0 Å². The van der Waals surface area contributed by atoms with Gasteiger partial charge in [-0.3, -0.25) is 4.79 Å². The molecular formula is C22H30N2O2. The minimum absolute atomic E-state index is 0.0618. The van der Waals surface area contributed by atoms with Gasteiger partial charge in [-0.15, -0.1) is 0 Å². The molecule has 2 aromatic rings. The largest absolute Gasteiger partial charge is 0.494 e. The second-order valence-electron chi connectivity index (χ2n) is 6.65. The fraction of sp³-hybridized carbons (Fsp3) is 0.409. The van der Waals surface area contributed by atoms with E-state index in [1.54, 1.807) is 0 Å². The van der Waals surface area contributed by atoms with Crippen LogP contribution in [0.4, 0.5) is 11.4 Å². The summed E-state index contributed by atoms with van der Waals surface area (Å²) in [7, 11) is 0. The Morgan fingerprint density at radius 1 is 1.00 bits per heavy atom. The van der Waals surface area contributed by atoms with Crippen molar-refractivity contribution in [3.05, 3.63) is 53.6 Å². The number of anilines is 2. The Balaban J connectivity index is 1.74. The van der Waals surface area contributed by atoms with E-state index in [0.717, 1.165) is 35.7 Å². The Kier molecular flexibility index (Phi) is 8.00. The van der Waals surface area contributed by atoms with E-state index >= 15 is 0 Å². The maximum Gasteiger partial charge on any atom is 0.243 e. The molecule has 0 atom stereocenters. The molecule has 0 spiro atoms. The van der Waals surface area contributed by atoms with E-state index in [4.69, 9.17) is 4.74 Å². The molecule has 0 bridgehead atoms. The monoisotopic (exact) mass is 354 g/mol. The number of ether oxygens (including phenoxy) is 1. The molecule has 0 heterocycles. The molecular weight excluding hydrogens is 324 g/mol. The van der Waals surface area contributed by atoms with Crippen molar-refractivity contribution in [2.45, 2.75) is 46.5 Å². The van der Waals surface area contributed by atoms with Crippen molar-refractivity contribution in [1.29, 1.82) is 0 Å². The number of aryl methyl sites for hydroxylation is 2. The molecule has 0 unspecified atom stereocenters. The zero-order valence-electron chi connectivity index (χ0n) is 16.1. The lowest BCUT2D eigenvalue weighted by molar-refractivity contribution is -0.114. The first-order valence-electron chi connectivity index (χ1n) is 9.42. The molecule has 0 aliphatic rings. The Morgan fingerprint density at radius 3 is 2.46 bits per heavy atom. The third-order valence-electron chi connectivity index (χ3n) is 4.23. The second kappa shape index (κ2) is 10.5. The van der Waals surface area contributed by atoms with Gasteiger partial charge in [-0.05, 0) is 56.2 Å². The summed E-state index contributed by atoms with van der Waals surface area (Å²) in [5.74, 6) is 0.806. The van der Waals surface area contributed by atoms with Gasteiger partial charge in [0.05, 0.1) is 13.2 Å². The summed E-state index contributed by atoms with van der Waals surface area (Å²) in [5.41, 5.74) is 4.01. The number of hydrogen-bond donors (Lipinski definition) is 2. The van der Waals surface area contributed by atoms with Crippen molar-refractivity contribution in [2.75, 3.05) is 23.8 Å². The topological polar surface area (TPSA) is 50.4 Å². The van der Waals surface area contributed by atoms with E-state index in [2.05, 4.69) is 23.6 Å². The summed E-state index contributed by atoms with van der Waals surface area (Å²) in [5, 5.41) is 6.08. The lowest BCUT2D eigenvalue weighted by Gasteiger charge is -2.11. The number of carbonyl (C=O) groups excluding carboxylic acids is 1. The molecule has 0 saturated heterocycles. The molecule has 140 valence electrons.